The van der Waals surface area contributed by atoms with E-state index >= 15 is 0 Å². The normalized spacial score (nSPS) is 34.2. The van der Waals surface area contributed by atoms with Crippen LogP contribution in [0, 0.1) is 5.92 Å². The average Bonchev–Trinajstić information content (AvgIpc) is 2.49. The Hall–Kier alpha value is 0.270. The highest BCUT2D eigenvalue weighted by atomic mass is 32.2. The first-order valence-electron chi connectivity index (χ1n) is 4.79. The lowest BCUT2D eigenvalue weighted by Crippen LogP contribution is -2.40. The molecule has 0 amide bonds. The van der Waals surface area contributed by atoms with E-state index in [-0.39, 0.29) is 0 Å². The number of ether oxygens (including phenoxy) is 1. The fourth-order valence-electron chi connectivity index (χ4n) is 2.39. The third kappa shape index (κ3) is 1.38. The molecule has 0 aromatic carbocycles. The summed E-state index contributed by atoms with van der Waals surface area (Å²) in [5, 5.41) is 0. The summed E-state index contributed by atoms with van der Waals surface area (Å²) in [5.41, 5.74) is 5.79. The van der Waals surface area contributed by atoms with Crippen LogP contribution in [-0.4, -0.2) is 30.3 Å². The van der Waals surface area contributed by atoms with Crippen molar-refractivity contribution >= 4 is 11.8 Å². The Kier molecular flexibility index (Phi) is 2.63. The molecule has 1 unspecified atom stereocenters. The summed E-state index contributed by atoms with van der Waals surface area (Å²) < 4.78 is 5.90. The first-order chi connectivity index (χ1) is 5.87. The van der Waals surface area contributed by atoms with Crippen LogP contribution >= 0.6 is 11.8 Å². The standard InChI is InChI=1S/C9H17NOS/c10-7-8-1-6-12-9(8)2-4-11-5-3-9/h8H,1-7,10H2. The molecule has 2 saturated heterocycles. The van der Waals surface area contributed by atoms with Crippen molar-refractivity contribution in [2.75, 3.05) is 25.5 Å². The minimum Gasteiger partial charge on any atom is -0.381 e. The Morgan fingerprint density at radius 3 is 2.83 bits per heavy atom. The van der Waals surface area contributed by atoms with Crippen LogP contribution in [0.25, 0.3) is 0 Å². The van der Waals surface area contributed by atoms with E-state index in [2.05, 4.69) is 11.8 Å². The summed E-state index contributed by atoms with van der Waals surface area (Å²) in [5.74, 6) is 2.06. The van der Waals surface area contributed by atoms with Crippen LogP contribution in [0.15, 0.2) is 0 Å². The molecule has 2 aliphatic rings. The second-order valence-corrected chi connectivity index (χ2v) is 5.26. The van der Waals surface area contributed by atoms with E-state index in [9.17, 15) is 0 Å². The molecule has 0 bridgehead atoms. The van der Waals surface area contributed by atoms with Crippen molar-refractivity contribution in [3.8, 4) is 0 Å². The number of nitrogens with two attached hydrogens (primary N) is 1. The van der Waals surface area contributed by atoms with E-state index in [4.69, 9.17) is 10.5 Å². The summed E-state index contributed by atoms with van der Waals surface area (Å²) in [6, 6.07) is 0. The Bertz CT molecular complexity index is 157. The first kappa shape index (κ1) is 8.85. The molecule has 70 valence electrons. The molecule has 1 atom stereocenters. The lowest BCUT2D eigenvalue weighted by atomic mass is 9.84. The Labute approximate surface area is 78.2 Å². The van der Waals surface area contributed by atoms with Crippen molar-refractivity contribution in [2.45, 2.75) is 24.0 Å². The highest BCUT2D eigenvalue weighted by Gasteiger charge is 2.43. The van der Waals surface area contributed by atoms with Crippen molar-refractivity contribution in [1.82, 2.24) is 0 Å². The van der Waals surface area contributed by atoms with Gasteiger partial charge in [0, 0.05) is 18.0 Å². The number of thioether (sulfide) groups is 1. The van der Waals surface area contributed by atoms with Gasteiger partial charge in [0.05, 0.1) is 0 Å². The number of hydrogen-bond acceptors (Lipinski definition) is 3. The fourth-order valence-corrected chi connectivity index (χ4v) is 4.10. The van der Waals surface area contributed by atoms with Crippen molar-refractivity contribution in [3.05, 3.63) is 0 Å². The molecule has 2 rings (SSSR count). The largest absolute Gasteiger partial charge is 0.381 e. The molecule has 0 aromatic heterocycles. The highest BCUT2D eigenvalue weighted by Crippen LogP contribution is 2.48. The van der Waals surface area contributed by atoms with Crippen LogP contribution < -0.4 is 5.73 Å². The second kappa shape index (κ2) is 3.56. The molecule has 2 nitrogen and oxygen atoms in total. The quantitative estimate of drug-likeness (QED) is 0.671. The molecular weight excluding hydrogens is 170 g/mol. The topological polar surface area (TPSA) is 35.2 Å². The molecule has 2 N–H and O–H groups in total. The molecule has 3 heteroatoms. The van der Waals surface area contributed by atoms with Gasteiger partial charge in [-0.3, -0.25) is 0 Å². The Morgan fingerprint density at radius 1 is 1.42 bits per heavy atom. The van der Waals surface area contributed by atoms with Gasteiger partial charge >= 0.3 is 0 Å². The Morgan fingerprint density at radius 2 is 2.17 bits per heavy atom. The van der Waals surface area contributed by atoms with E-state index in [1.165, 1.54) is 25.0 Å². The second-order valence-electron chi connectivity index (χ2n) is 3.75. The molecule has 0 saturated carbocycles. The molecule has 2 heterocycles. The average molecular weight is 187 g/mol. The van der Waals surface area contributed by atoms with E-state index in [1.807, 2.05) is 0 Å². The van der Waals surface area contributed by atoms with Crippen LogP contribution in [0.2, 0.25) is 0 Å². The van der Waals surface area contributed by atoms with E-state index in [1.54, 1.807) is 0 Å². The lowest BCUT2D eigenvalue weighted by molar-refractivity contribution is 0.0644. The maximum atomic E-state index is 5.79. The predicted molar refractivity (Wildman–Crippen MR) is 52.4 cm³/mol. The minimum atomic E-state index is 0.507. The van der Waals surface area contributed by atoms with Crippen molar-refractivity contribution in [1.29, 1.82) is 0 Å². The number of rotatable bonds is 1. The zero-order chi connectivity index (χ0) is 8.44. The summed E-state index contributed by atoms with van der Waals surface area (Å²) in [4.78, 5) is 0. The summed E-state index contributed by atoms with van der Waals surface area (Å²) in [6.07, 6.45) is 3.76. The van der Waals surface area contributed by atoms with E-state index in [0.29, 0.717) is 4.75 Å². The molecule has 0 aromatic rings. The van der Waals surface area contributed by atoms with Crippen molar-refractivity contribution in [2.24, 2.45) is 11.7 Å². The van der Waals surface area contributed by atoms with Gasteiger partial charge in [0.1, 0.15) is 0 Å². The fraction of sp³-hybridized carbons (Fsp3) is 1.00. The molecule has 1 spiro atoms. The molecular formula is C9H17NOS. The zero-order valence-electron chi connectivity index (χ0n) is 7.42. The molecule has 0 radical (unpaired) electrons. The smallest absolute Gasteiger partial charge is 0.0479 e. The summed E-state index contributed by atoms with van der Waals surface area (Å²) in [7, 11) is 0. The molecule has 2 aliphatic heterocycles. The summed E-state index contributed by atoms with van der Waals surface area (Å²) >= 11 is 2.14. The van der Waals surface area contributed by atoms with Gasteiger partial charge in [0.2, 0.25) is 0 Å². The van der Waals surface area contributed by atoms with Gasteiger partial charge in [-0.1, -0.05) is 0 Å². The Balaban J connectivity index is 2.05. The van der Waals surface area contributed by atoms with Crippen molar-refractivity contribution in [3.63, 3.8) is 0 Å². The number of hydrogen-bond donors (Lipinski definition) is 1. The third-order valence-corrected chi connectivity index (χ3v) is 4.98. The van der Waals surface area contributed by atoms with Gasteiger partial charge in [-0.15, -0.1) is 0 Å². The van der Waals surface area contributed by atoms with Gasteiger partial charge in [0.25, 0.3) is 0 Å². The molecule has 12 heavy (non-hydrogen) atoms. The lowest BCUT2D eigenvalue weighted by Gasteiger charge is -2.37. The monoisotopic (exact) mass is 187 g/mol. The van der Waals surface area contributed by atoms with Gasteiger partial charge in [-0.25, -0.2) is 0 Å². The predicted octanol–water partition coefficient (Wildman–Crippen LogP) is 1.25. The van der Waals surface area contributed by atoms with Crippen LogP contribution in [0.3, 0.4) is 0 Å². The SMILES string of the molecule is NCC1CCSC12CCOCC2. The molecule has 0 aliphatic carbocycles. The summed E-state index contributed by atoms with van der Waals surface area (Å²) in [6.45, 7) is 2.76. The maximum Gasteiger partial charge on any atom is 0.0479 e. The van der Waals surface area contributed by atoms with Crippen LogP contribution in [0.4, 0.5) is 0 Å². The van der Waals surface area contributed by atoms with Gasteiger partial charge in [0.15, 0.2) is 0 Å². The van der Waals surface area contributed by atoms with E-state index < -0.39 is 0 Å². The van der Waals surface area contributed by atoms with Gasteiger partial charge in [-0.05, 0) is 37.5 Å². The first-order valence-corrected chi connectivity index (χ1v) is 5.78. The third-order valence-electron chi connectivity index (χ3n) is 3.22. The minimum absolute atomic E-state index is 0.507. The van der Waals surface area contributed by atoms with Crippen molar-refractivity contribution < 1.29 is 4.74 Å². The zero-order valence-corrected chi connectivity index (χ0v) is 8.24. The molecule has 2 fully saturated rings. The maximum absolute atomic E-state index is 5.79. The van der Waals surface area contributed by atoms with Crippen LogP contribution in [-0.2, 0) is 4.74 Å². The highest BCUT2D eigenvalue weighted by molar-refractivity contribution is 8.00. The van der Waals surface area contributed by atoms with Crippen LogP contribution in [0.5, 0.6) is 0 Å². The van der Waals surface area contributed by atoms with Gasteiger partial charge in [-0.2, -0.15) is 11.8 Å². The van der Waals surface area contributed by atoms with E-state index in [0.717, 1.165) is 25.7 Å². The van der Waals surface area contributed by atoms with Crippen LogP contribution in [0.1, 0.15) is 19.3 Å². The van der Waals surface area contributed by atoms with Gasteiger partial charge < -0.3 is 10.5 Å².